The Morgan fingerprint density at radius 3 is 1.61 bits per heavy atom. The molecule has 11 heteroatoms. The quantitative estimate of drug-likeness (QED) is 0.152. The molecule has 0 aromatic heterocycles. The first-order valence-corrected chi connectivity index (χ1v) is 6.89. The molecule has 0 aromatic rings. The van der Waals surface area contributed by atoms with Crippen LogP contribution in [0, 0.1) is 0 Å². The maximum Gasteiger partial charge on any atom is 0.322 e. The smallest absolute Gasteiger partial charge is 0.322 e. The van der Waals surface area contributed by atoms with Gasteiger partial charge in [0.05, 0.1) is 0 Å². The van der Waals surface area contributed by atoms with Crippen molar-refractivity contribution >= 4 is 23.9 Å². The Balaban J connectivity index is 4.18. The standard InChI is InChI=1S/C12H21N3O8/c16-9(17)4-2-1-3-7(11(20)21)13-15-14-8(12(22)23)5-6-10(18)19/h7-8,13-15H,1-6H2,(H,16,17)(H,18,19)(H,20,21)(H,22,23)/t7-,8+/m0/s1. The van der Waals surface area contributed by atoms with Crippen LogP contribution in [0.5, 0.6) is 0 Å². The van der Waals surface area contributed by atoms with Crippen molar-refractivity contribution in [3.05, 3.63) is 0 Å². The lowest BCUT2D eigenvalue weighted by Gasteiger charge is -2.19. The van der Waals surface area contributed by atoms with Crippen LogP contribution in [0.25, 0.3) is 0 Å². The Morgan fingerprint density at radius 2 is 1.17 bits per heavy atom. The number of unbranched alkanes of at least 4 members (excludes halogenated alkanes) is 1. The summed E-state index contributed by atoms with van der Waals surface area (Å²) in [6.45, 7) is 0. The van der Waals surface area contributed by atoms with Crippen LogP contribution < -0.4 is 16.4 Å². The molecule has 132 valence electrons. The second-order valence-electron chi connectivity index (χ2n) is 4.77. The van der Waals surface area contributed by atoms with Crippen LogP contribution in [0.2, 0.25) is 0 Å². The van der Waals surface area contributed by atoms with E-state index in [1.54, 1.807) is 0 Å². The van der Waals surface area contributed by atoms with E-state index in [1.165, 1.54) is 0 Å². The molecule has 0 spiro atoms. The highest BCUT2D eigenvalue weighted by Crippen LogP contribution is 2.04. The van der Waals surface area contributed by atoms with Gasteiger partial charge in [-0.2, -0.15) is 5.53 Å². The van der Waals surface area contributed by atoms with Gasteiger partial charge in [-0.15, -0.1) is 0 Å². The van der Waals surface area contributed by atoms with E-state index < -0.39 is 36.0 Å². The summed E-state index contributed by atoms with van der Waals surface area (Å²) in [5.74, 6) is -4.58. The molecule has 0 aliphatic carbocycles. The monoisotopic (exact) mass is 335 g/mol. The van der Waals surface area contributed by atoms with Crippen molar-refractivity contribution in [3.63, 3.8) is 0 Å². The fraction of sp³-hybridized carbons (Fsp3) is 0.667. The minimum atomic E-state index is -1.28. The number of hydrogen-bond acceptors (Lipinski definition) is 7. The molecule has 0 radical (unpaired) electrons. The normalized spacial score (nSPS) is 13.2. The number of aliphatic carboxylic acids is 4. The fourth-order valence-electron chi connectivity index (χ4n) is 1.62. The van der Waals surface area contributed by atoms with E-state index in [0.29, 0.717) is 12.8 Å². The highest BCUT2D eigenvalue weighted by molar-refractivity contribution is 5.75. The van der Waals surface area contributed by atoms with Gasteiger partial charge in [-0.1, -0.05) is 6.42 Å². The molecule has 0 saturated heterocycles. The average Bonchev–Trinajstić information content (AvgIpc) is 2.43. The Labute approximate surface area is 131 Å². The fourth-order valence-corrected chi connectivity index (χ4v) is 1.62. The van der Waals surface area contributed by atoms with Crippen LogP contribution in [0.4, 0.5) is 0 Å². The number of carboxylic acid groups (broad SMARTS) is 4. The second kappa shape index (κ2) is 11.3. The van der Waals surface area contributed by atoms with Gasteiger partial charge in [0.1, 0.15) is 12.1 Å². The lowest BCUT2D eigenvalue weighted by molar-refractivity contribution is -0.141. The molecule has 0 saturated carbocycles. The van der Waals surface area contributed by atoms with Crippen molar-refractivity contribution in [3.8, 4) is 0 Å². The summed E-state index contributed by atoms with van der Waals surface area (Å²) in [5.41, 5.74) is 6.90. The molecule has 2 atom stereocenters. The van der Waals surface area contributed by atoms with Crippen LogP contribution in [-0.2, 0) is 19.2 Å². The van der Waals surface area contributed by atoms with Crippen LogP contribution in [-0.4, -0.2) is 56.4 Å². The van der Waals surface area contributed by atoms with Gasteiger partial charge >= 0.3 is 23.9 Å². The molecule has 0 aliphatic rings. The van der Waals surface area contributed by atoms with E-state index in [1.807, 2.05) is 0 Å². The Bertz CT molecular complexity index is 429. The summed E-state index contributed by atoms with van der Waals surface area (Å²) < 4.78 is 0. The number of carbonyl (C=O) groups is 4. The molecule has 23 heavy (non-hydrogen) atoms. The molecule has 0 fully saturated rings. The third-order valence-electron chi connectivity index (χ3n) is 2.87. The first-order chi connectivity index (χ1) is 10.7. The largest absolute Gasteiger partial charge is 0.481 e. The zero-order valence-electron chi connectivity index (χ0n) is 12.3. The molecule has 7 N–H and O–H groups in total. The number of carboxylic acids is 4. The van der Waals surface area contributed by atoms with Crippen molar-refractivity contribution in [2.75, 3.05) is 0 Å². The molecule has 0 aromatic carbocycles. The van der Waals surface area contributed by atoms with Gasteiger partial charge in [0.2, 0.25) is 0 Å². The first-order valence-electron chi connectivity index (χ1n) is 6.89. The number of nitrogens with one attached hydrogen (secondary N) is 3. The third-order valence-corrected chi connectivity index (χ3v) is 2.87. The first kappa shape index (κ1) is 20.8. The Kier molecular flexibility index (Phi) is 10.2. The van der Waals surface area contributed by atoms with Gasteiger partial charge in [0.15, 0.2) is 0 Å². The Hall–Kier alpha value is -2.24. The van der Waals surface area contributed by atoms with E-state index in [9.17, 15) is 19.2 Å². The molecular weight excluding hydrogens is 314 g/mol. The van der Waals surface area contributed by atoms with Crippen LogP contribution >= 0.6 is 0 Å². The minimum absolute atomic E-state index is 0.0612. The zero-order valence-corrected chi connectivity index (χ0v) is 12.3. The maximum atomic E-state index is 11.0. The third kappa shape index (κ3) is 11.0. The molecular formula is C12H21N3O8. The van der Waals surface area contributed by atoms with E-state index in [0.717, 1.165) is 0 Å². The lowest BCUT2D eigenvalue weighted by Crippen LogP contribution is -2.56. The van der Waals surface area contributed by atoms with Crippen molar-refractivity contribution in [2.45, 2.75) is 50.6 Å². The van der Waals surface area contributed by atoms with Crippen molar-refractivity contribution in [2.24, 2.45) is 0 Å². The topological polar surface area (TPSA) is 185 Å². The summed E-state index contributed by atoms with van der Waals surface area (Å²) in [4.78, 5) is 42.7. The van der Waals surface area contributed by atoms with E-state index in [2.05, 4.69) is 16.4 Å². The number of hydrazine groups is 2. The summed E-state index contributed by atoms with van der Waals surface area (Å²) in [7, 11) is 0. The van der Waals surface area contributed by atoms with Gasteiger partial charge in [0, 0.05) is 12.8 Å². The van der Waals surface area contributed by atoms with E-state index in [4.69, 9.17) is 20.4 Å². The maximum absolute atomic E-state index is 11.0. The molecule has 0 bridgehead atoms. The zero-order chi connectivity index (χ0) is 17.8. The molecule has 0 heterocycles. The van der Waals surface area contributed by atoms with Crippen molar-refractivity contribution in [1.82, 2.24) is 16.4 Å². The number of rotatable bonds is 14. The highest BCUT2D eigenvalue weighted by Gasteiger charge is 2.20. The van der Waals surface area contributed by atoms with Crippen molar-refractivity contribution < 1.29 is 39.6 Å². The summed E-state index contributed by atoms with van der Waals surface area (Å²) >= 11 is 0. The molecule has 0 unspecified atom stereocenters. The SMILES string of the molecule is O=C(O)CCCC[C@H](NNN[C@H](CCC(=O)O)C(=O)O)C(=O)O. The molecule has 0 aliphatic heterocycles. The molecule has 0 rings (SSSR count). The summed E-state index contributed by atoms with van der Waals surface area (Å²) in [6.07, 6.45) is 0.223. The predicted molar refractivity (Wildman–Crippen MR) is 75.2 cm³/mol. The van der Waals surface area contributed by atoms with Crippen molar-refractivity contribution in [1.29, 1.82) is 0 Å². The highest BCUT2D eigenvalue weighted by atomic mass is 16.4. The summed E-state index contributed by atoms with van der Waals surface area (Å²) in [5, 5.41) is 34.9. The Morgan fingerprint density at radius 1 is 0.696 bits per heavy atom. The van der Waals surface area contributed by atoms with Crippen LogP contribution in [0.3, 0.4) is 0 Å². The van der Waals surface area contributed by atoms with Gasteiger partial charge < -0.3 is 20.4 Å². The van der Waals surface area contributed by atoms with Gasteiger partial charge in [0.25, 0.3) is 0 Å². The molecule has 11 nitrogen and oxygen atoms in total. The van der Waals surface area contributed by atoms with E-state index in [-0.39, 0.29) is 25.7 Å². The van der Waals surface area contributed by atoms with Gasteiger partial charge in [-0.05, 0) is 19.3 Å². The molecule has 0 amide bonds. The average molecular weight is 335 g/mol. The van der Waals surface area contributed by atoms with Crippen LogP contribution in [0.1, 0.15) is 38.5 Å². The lowest BCUT2D eigenvalue weighted by atomic mass is 10.1. The van der Waals surface area contributed by atoms with Gasteiger partial charge in [-0.25, -0.2) is 10.9 Å². The number of hydrogen-bond donors (Lipinski definition) is 7. The van der Waals surface area contributed by atoms with Crippen LogP contribution in [0.15, 0.2) is 0 Å². The van der Waals surface area contributed by atoms with E-state index >= 15 is 0 Å². The second-order valence-corrected chi connectivity index (χ2v) is 4.77. The predicted octanol–water partition coefficient (Wildman–Crippen LogP) is -0.999. The minimum Gasteiger partial charge on any atom is -0.481 e. The van der Waals surface area contributed by atoms with Gasteiger partial charge in [-0.3, -0.25) is 19.2 Å². The summed E-state index contributed by atoms with van der Waals surface area (Å²) in [6, 6.07) is -2.26.